The van der Waals surface area contributed by atoms with Gasteiger partial charge in [0.1, 0.15) is 0 Å². The Labute approximate surface area is 100 Å². The monoisotopic (exact) mass is 270 g/mol. The number of rotatable bonds is 1. The lowest BCUT2D eigenvalue weighted by atomic mass is 9.64. The van der Waals surface area contributed by atoms with E-state index in [1.807, 2.05) is 6.92 Å². The first-order valence-corrected chi connectivity index (χ1v) is 6.69. The van der Waals surface area contributed by atoms with Gasteiger partial charge in [-0.25, -0.2) is 0 Å². The predicted octanol–water partition coefficient (Wildman–Crippen LogP) is 3.78. The maximum absolute atomic E-state index is 9.82. The van der Waals surface area contributed by atoms with E-state index in [0.717, 1.165) is 6.42 Å². The molecule has 1 fully saturated rings. The highest BCUT2D eigenvalue weighted by Gasteiger charge is 2.45. The Hall–Kier alpha value is -0.0800. The van der Waals surface area contributed by atoms with Crippen LogP contribution in [0, 0.1) is 11.3 Å². The molecule has 0 aromatic heterocycles. The molecule has 3 atom stereocenters. The second-order valence-corrected chi connectivity index (χ2v) is 5.54. The van der Waals surface area contributed by atoms with E-state index < -0.39 is 0 Å². The van der Waals surface area contributed by atoms with Gasteiger partial charge < -0.3 is 5.11 Å². The smallest absolute Gasteiger partial charge is 0.0727 e. The second kappa shape index (κ2) is 4.06. The standard InChI is InChI=1S/C13H19BrO/c1-9(15)11-5-6-12-10(8-14)4-3-7-13(11,12)2/h5,8-9,12,15H,3-4,6-7H2,1-2H3/b10-8+/t9-,12-,13+/m0/s1. The fourth-order valence-corrected chi connectivity index (χ4v) is 3.98. The summed E-state index contributed by atoms with van der Waals surface area (Å²) in [6.45, 7) is 4.21. The molecular weight excluding hydrogens is 252 g/mol. The van der Waals surface area contributed by atoms with Gasteiger partial charge in [-0.15, -0.1) is 0 Å². The molecular formula is C13H19BrO. The fourth-order valence-electron chi connectivity index (χ4n) is 3.43. The highest BCUT2D eigenvalue weighted by molar-refractivity contribution is 9.11. The summed E-state index contributed by atoms with van der Waals surface area (Å²) >= 11 is 3.48. The van der Waals surface area contributed by atoms with Gasteiger partial charge in [-0.05, 0) is 54.5 Å². The molecule has 0 aromatic carbocycles. The molecule has 2 heteroatoms. The summed E-state index contributed by atoms with van der Waals surface area (Å²) in [6, 6.07) is 0. The van der Waals surface area contributed by atoms with Crippen molar-refractivity contribution in [1.82, 2.24) is 0 Å². The third-order valence-electron chi connectivity index (χ3n) is 4.20. The zero-order valence-electron chi connectivity index (χ0n) is 9.46. The van der Waals surface area contributed by atoms with E-state index in [1.165, 1.54) is 30.4 Å². The summed E-state index contributed by atoms with van der Waals surface area (Å²) < 4.78 is 0. The number of aliphatic hydroxyl groups excluding tert-OH is 1. The average molecular weight is 271 g/mol. The number of hydrogen-bond acceptors (Lipinski definition) is 1. The molecule has 1 N–H and O–H groups in total. The van der Waals surface area contributed by atoms with E-state index >= 15 is 0 Å². The van der Waals surface area contributed by atoms with E-state index in [1.54, 1.807) is 0 Å². The lowest BCUT2D eigenvalue weighted by Gasteiger charge is -2.41. The van der Waals surface area contributed by atoms with Crippen LogP contribution in [0.4, 0.5) is 0 Å². The van der Waals surface area contributed by atoms with E-state index in [-0.39, 0.29) is 11.5 Å². The van der Waals surface area contributed by atoms with Crippen molar-refractivity contribution in [3.05, 3.63) is 22.2 Å². The number of aliphatic hydroxyl groups is 1. The van der Waals surface area contributed by atoms with Crippen LogP contribution in [-0.4, -0.2) is 11.2 Å². The molecule has 1 nitrogen and oxygen atoms in total. The minimum absolute atomic E-state index is 0.214. The van der Waals surface area contributed by atoms with Gasteiger partial charge in [0, 0.05) is 0 Å². The molecule has 2 rings (SSSR count). The van der Waals surface area contributed by atoms with Crippen molar-refractivity contribution in [2.24, 2.45) is 11.3 Å². The maximum Gasteiger partial charge on any atom is 0.0727 e. The van der Waals surface area contributed by atoms with Gasteiger partial charge >= 0.3 is 0 Å². The molecule has 84 valence electrons. The maximum atomic E-state index is 9.82. The molecule has 0 radical (unpaired) electrons. The SMILES string of the molecule is C[C@H](O)C1=CC[C@H]2/C(=C/Br)CCC[C@]12C. The highest BCUT2D eigenvalue weighted by Crippen LogP contribution is 2.55. The van der Waals surface area contributed by atoms with Gasteiger partial charge in [0.25, 0.3) is 0 Å². The van der Waals surface area contributed by atoms with Crippen molar-refractivity contribution in [3.8, 4) is 0 Å². The number of halogens is 1. The Kier molecular flexibility index (Phi) is 3.09. The molecule has 2 aliphatic carbocycles. The Bertz CT molecular complexity index is 316. The summed E-state index contributed by atoms with van der Waals surface area (Å²) in [5, 5.41) is 9.82. The van der Waals surface area contributed by atoms with Crippen LogP contribution >= 0.6 is 15.9 Å². The van der Waals surface area contributed by atoms with Crippen LogP contribution in [0.5, 0.6) is 0 Å². The number of allylic oxidation sites excluding steroid dienone is 2. The van der Waals surface area contributed by atoms with Crippen molar-refractivity contribution < 1.29 is 5.11 Å². The van der Waals surface area contributed by atoms with Gasteiger partial charge in [-0.2, -0.15) is 0 Å². The Morgan fingerprint density at radius 1 is 1.67 bits per heavy atom. The molecule has 0 aromatic rings. The molecule has 0 bridgehead atoms. The van der Waals surface area contributed by atoms with E-state index in [0.29, 0.717) is 5.92 Å². The number of hydrogen-bond donors (Lipinski definition) is 1. The van der Waals surface area contributed by atoms with Crippen molar-refractivity contribution in [1.29, 1.82) is 0 Å². The third kappa shape index (κ3) is 1.72. The summed E-state index contributed by atoms with van der Waals surface area (Å²) in [5.74, 6) is 0.621. The first-order chi connectivity index (χ1) is 7.09. The van der Waals surface area contributed by atoms with Crippen LogP contribution in [0.3, 0.4) is 0 Å². The zero-order chi connectivity index (χ0) is 11.1. The van der Waals surface area contributed by atoms with Crippen LogP contribution < -0.4 is 0 Å². The van der Waals surface area contributed by atoms with Gasteiger partial charge in [-0.3, -0.25) is 0 Å². The summed E-state index contributed by atoms with van der Waals surface area (Å²) in [5.41, 5.74) is 3.00. The largest absolute Gasteiger partial charge is 0.389 e. The molecule has 1 saturated carbocycles. The molecule has 0 aliphatic heterocycles. The van der Waals surface area contributed by atoms with E-state index in [9.17, 15) is 5.11 Å². The quantitative estimate of drug-likeness (QED) is 0.719. The molecule has 15 heavy (non-hydrogen) atoms. The first kappa shape index (κ1) is 11.4. The molecule has 2 aliphatic rings. The van der Waals surface area contributed by atoms with Gasteiger partial charge in [0.2, 0.25) is 0 Å². The second-order valence-electron chi connectivity index (χ2n) is 5.08. The molecule has 0 heterocycles. The Morgan fingerprint density at radius 2 is 2.40 bits per heavy atom. The lowest BCUT2D eigenvalue weighted by molar-refractivity contribution is 0.158. The van der Waals surface area contributed by atoms with Crippen LogP contribution in [0.1, 0.15) is 39.5 Å². The van der Waals surface area contributed by atoms with Crippen LogP contribution in [0.2, 0.25) is 0 Å². The molecule has 0 spiro atoms. The molecule has 0 unspecified atom stereocenters. The van der Waals surface area contributed by atoms with Crippen LogP contribution in [0.25, 0.3) is 0 Å². The third-order valence-corrected chi connectivity index (χ3v) is 4.79. The normalized spacial score (nSPS) is 40.1. The summed E-state index contributed by atoms with van der Waals surface area (Å²) in [7, 11) is 0. The minimum atomic E-state index is -0.283. The first-order valence-electron chi connectivity index (χ1n) is 5.77. The molecule has 0 amide bonds. The highest BCUT2D eigenvalue weighted by atomic mass is 79.9. The van der Waals surface area contributed by atoms with E-state index in [2.05, 4.69) is 33.9 Å². The average Bonchev–Trinajstić information content (AvgIpc) is 2.54. The van der Waals surface area contributed by atoms with Crippen molar-refractivity contribution >= 4 is 15.9 Å². The number of fused-ring (bicyclic) bond motifs is 1. The van der Waals surface area contributed by atoms with Gasteiger partial charge in [0.05, 0.1) is 6.10 Å². The van der Waals surface area contributed by atoms with Gasteiger partial charge in [-0.1, -0.05) is 34.5 Å². The van der Waals surface area contributed by atoms with Crippen molar-refractivity contribution in [3.63, 3.8) is 0 Å². The fraction of sp³-hybridized carbons (Fsp3) is 0.692. The topological polar surface area (TPSA) is 20.2 Å². The minimum Gasteiger partial charge on any atom is -0.389 e. The Morgan fingerprint density at radius 3 is 3.00 bits per heavy atom. The van der Waals surface area contributed by atoms with Gasteiger partial charge in [0.15, 0.2) is 0 Å². The summed E-state index contributed by atoms with van der Waals surface area (Å²) in [4.78, 5) is 2.11. The lowest BCUT2D eigenvalue weighted by Crippen LogP contribution is -2.33. The zero-order valence-corrected chi connectivity index (χ0v) is 11.0. The Balaban J connectivity index is 2.32. The van der Waals surface area contributed by atoms with E-state index in [4.69, 9.17) is 0 Å². The molecule has 0 saturated heterocycles. The van der Waals surface area contributed by atoms with Crippen LogP contribution in [0.15, 0.2) is 22.2 Å². The summed E-state index contributed by atoms with van der Waals surface area (Å²) in [6.07, 6.45) is 6.76. The van der Waals surface area contributed by atoms with Crippen molar-refractivity contribution in [2.45, 2.75) is 45.6 Å². The van der Waals surface area contributed by atoms with Crippen molar-refractivity contribution in [2.75, 3.05) is 0 Å². The van der Waals surface area contributed by atoms with Crippen LogP contribution in [-0.2, 0) is 0 Å². The predicted molar refractivity (Wildman–Crippen MR) is 66.8 cm³/mol.